The van der Waals surface area contributed by atoms with Gasteiger partial charge in [0.05, 0.1) is 5.56 Å². The molecule has 120 valence electrons. The summed E-state index contributed by atoms with van der Waals surface area (Å²) in [6.07, 6.45) is 0. The van der Waals surface area contributed by atoms with Crippen LogP contribution in [0.15, 0.2) is 78.9 Å². The normalized spacial score (nSPS) is 10.2. The molecule has 4 heteroatoms. The third-order valence-corrected chi connectivity index (χ3v) is 3.48. The molecule has 0 aliphatic rings. The summed E-state index contributed by atoms with van der Waals surface area (Å²) in [6.45, 7) is 0.271. The van der Waals surface area contributed by atoms with Gasteiger partial charge >= 0.3 is 0 Å². The molecule has 3 rings (SSSR count). The lowest BCUT2D eigenvalue weighted by molar-refractivity contribution is 0.0996. The van der Waals surface area contributed by atoms with E-state index in [1.54, 1.807) is 24.3 Å². The van der Waals surface area contributed by atoms with Gasteiger partial charge in [0.1, 0.15) is 23.9 Å². The molecule has 0 unspecified atom stereocenters. The maximum atomic E-state index is 11.5. The SMILES string of the molecule is NC(=O)c1ccccc1OCc1ccccc1Oc1ccccc1. The summed E-state index contributed by atoms with van der Waals surface area (Å²) < 4.78 is 11.7. The summed E-state index contributed by atoms with van der Waals surface area (Å²) in [5.41, 5.74) is 6.61. The minimum absolute atomic E-state index is 0.271. The second-order valence-corrected chi connectivity index (χ2v) is 5.17. The van der Waals surface area contributed by atoms with Gasteiger partial charge in [0.15, 0.2) is 0 Å². The molecule has 0 bridgehead atoms. The van der Waals surface area contributed by atoms with Crippen molar-refractivity contribution in [1.29, 1.82) is 0 Å². The number of hydrogen-bond acceptors (Lipinski definition) is 3. The molecular formula is C20H17NO3. The highest BCUT2D eigenvalue weighted by Crippen LogP contribution is 2.27. The highest BCUT2D eigenvalue weighted by Gasteiger charge is 2.10. The monoisotopic (exact) mass is 319 g/mol. The quantitative estimate of drug-likeness (QED) is 0.742. The molecule has 0 spiro atoms. The first-order chi connectivity index (χ1) is 11.7. The van der Waals surface area contributed by atoms with Crippen molar-refractivity contribution in [3.63, 3.8) is 0 Å². The van der Waals surface area contributed by atoms with Crippen LogP contribution in [0.2, 0.25) is 0 Å². The minimum atomic E-state index is -0.514. The molecule has 0 heterocycles. The van der Waals surface area contributed by atoms with Crippen molar-refractivity contribution >= 4 is 5.91 Å². The fourth-order valence-electron chi connectivity index (χ4n) is 2.29. The predicted molar refractivity (Wildman–Crippen MR) is 92.2 cm³/mol. The van der Waals surface area contributed by atoms with Crippen LogP contribution in [0.25, 0.3) is 0 Å². The Morgan fingerprint density at radius 2 is 1.42 bits per heavy atom. The number of rotatable bonds is 6. The van der Waals surface area contributed by atoms with Gasteiger partial charge < -0.3 is 15.2 Å². The van der Waals surface area contributed by atoms with Crippen molar-refractivity contribution in [1.82, 2.24) is 0 Å². The average molecular weight is 319 g/mol. The Morgan fingerprint density at radius 1 is 0.792 bits per heavy atom. The standard InChI is InChI=1S/C20H17NO3/c21-20(22)17-11-5-7-13-19(17)23-14-15-8-4-6-12-18(15)24-16-9-2-1-3-10-16/h1-13H,14H2,(H2,21,22). The Bertz CT molecular complexity index is 831. The average Bonchev–Trinajstić information content (AvgIpc) is 2.62. The summed E-state index contributed by atoms with van der Waals surface area (Å²) in [6, 6.07) is 24.1. The number of para-hydroxylation sites is 3. The Balaban J connectivity index is 1.78. The second-order valence-electron chi connectivity index (χ2n) is 5.17. The third-order valence-electron chi connectivity index (χ3n) is 3.48. The van der Waals surface area contributed by atoms with E-state index in [1.807, 2.05) is 54.6 Å². The fourth-order valence-corrected chi connectivity index (χ4v) is 2.29. The molecule has 0 saturated heterocycles. The molecule has 2 N–H and O–H groups in total. The van der Waals surface area contributed by atoms with E-state index in [2.05, 4.69) is 0 Å². The Hall–Kier alpha value is -3.27. The van der Waals surface area contributed by atoms with Crippen LogP contribution in [0, 0.1) is 0 Å². The van der Waals surface area contributed by atoms with Gasteiger partial charge in [0.25, 0.3) is 5.91 Å². The number of hydrogen-bond donors (Lipinski definition) is 1. The molecule has 3 aromatic carbocycles. The van der Waals surface area contributed by atoms with E-state index in [0.29, 0.717) is 17.1 Å². The summed E-state index contributed by atoms with van der Waals surface area (Å²) in [5, 5.41) is 0. The number of benzene rings is 3. The zero-order valence-electron chi connectivity index (χ0n) is 13.0. The van der Waals surface area contributed by atoms with Crippen molar-refractivity contribution in [3.05, 3.63) is 90.0 Å². The van der Waals surface area contributed by atoms with E-state index < -0.39 is 5.91 Å². The molecule has 0 aromatic heterocycles. The van der Waals surface area contributed by atoms with Crippen LogP contribution < -0.4 is 15.2 Å². The largest absolute Gasteiger partial charge is 0.488 e. The van der Waals surface area contributed by atoms with E-state index in [1.165, 1.54) is 0 Å². The molecule has 4 nitrogen and oxygen atoms in total. The first-order valence-electron chi connectivity index (χ1n) is 7.56. The molecule has 0 saturated carbocycles. The van der Waals surface area contributed by atoms with Gasteiger partial charge in [-0.1, -0.05) is 48.5 Å². The lowest BCUT2D eigenvalue weighted by Gasteiger charge is -2.13. The van der Waals surface area contributed by atoms with E-state index in [0.717, 1.165) is 11.3 Å². The zero-order valence-corrected chi connectivity index (χ0v) is 13.0. The van der Waals surface area contributed by atoms with Crippen LogP contribution in [0.3, 0.4) is 0 Å². The second kappa shape index (κ2) is 7.33. The van der Waals surface area contributed by atoms with Crippen LogP contribution in [0.1, 0.15) is 15.9 Å². The van der Waals surface area contributed by atoms with Crippen molar-refractivity contribution in [2.24, 2.45) is 5.73 Å². The number of amides is 1. The van der Waals surface area contributed by atoms with Gasteiger partial charge in [-0.2, -0.15) is 0 Å². The van der Waals surface area contributed by atoms with E-state index in [-0.39, 0.29) is 6.61 Å². The Kier molecular flexibility index (Phi) is 4.77. The van der Waals surface area contributed by atoms with Gasteiger partial charge in [-0.05, 0) is 30.3 Å². The van der Waals surface area contributed by atoms with Gasteiger partial charge in [0.2, 0.25) is 0 Å². The molecule has 0 fully saturated rings. The Labute approximate surface area is 140 Å². The van der Waals surface area contributed by atoms with E-state index in [4.69, 9.17) is 15.2 Å². The molecule has 3 aromatic rings. The maximum absolute atomic E-state index is 11.5. The highest BCUT2D eigenvalue weighted by molar-refractivity contribution is 5.95. The predicted octanol–water partition coefficient (Wildman–Crippen LogP) is 4.16. The lowest BCUT2D eigenvalue weighted by Crippen LogP contribution is -2.13. The van der Waals surface area contributed by atoms with E-state index >= 15 is 0 Å². The van der Waals surface area contributed by atoms with Crippen LogP contribution in [0.4, 0.5) is 0 Å². The molecule has 24 heavy (non-hydrogen) atoms. The van der Waals surface area contributed by atoms with Gasteiger partial charge in [-0.25, -0.2) is 0 Å². The molecule has 1 amide bonds. The first-order valence-corrected chi connectivity index (χ1v) is 7.56. The van der Waals surface area contributed by atoms with Gasteiger partial charge in [-0.3, -0.25) is 4.79 Å². The molecule has 0 aliphatic heterocycles. The van der Waals surface area contributed by atoms with Crippen LogP contribution >= 0.6 is 0 Å². The molecular weight excluding hydrogens is 302 g/mol. The number of ether oxygens (including phenoxy) is 2. The van der Waals surface area contributed by atoms with Crippen molar-refractivity contribution < 1.29 is 14.3 Å². The lowest BCUT2D eigenvalue weighted by atomic mass is 10.2. The smallest absolute Gasteiger partial charge is 0.252 e. The first kappa shape index (κ1) is 15.6. The van der Waals surface area contributed by atoms with Gasteiger partial charge in [0, 0.05) is 5.56 Å². The van der Waals surface area contributed by atoms with Crippen LogP contribution in [0.5, 0.6) is 17.2 Å². The summed E-state index contributed by atoms with van der Waals surface area (Å²) >= 11 is 0. The van der Waals surface area contributed by atoms with Crippen LogP contribution in [-0.4, -0.2) is 5.91 Å². The number of primary amides is 1. The van der Waals surface area contributed by atoms with E-state index in [9.17, 15) is 4.79 Å². The van der Waals surface area contributed by atoms with Crippen molar-refractivity contribution in [3.8, 4) is 17.2 Å². The number of carbonyl (C=O) groups is 1. The third kappa shape index (κ3) is 3.73. The summed E-state index contributed by atoms with van der Waals surface area (Å²) in [5.74, 6) is 1.40. The van der Waals surface area contributed by atoms with Gasteiger partial charge in [-0.15, -0.1) is 0 Å². The topological polar surface area (TPSA) is 61.6 Å². The number of nitrogens with two attached hydrogens (primary N) is 1. The van der Waals surface area contributed by atoms with Crippen LogP contribution in [-0.2, 0) is 6.61 Å². The maximum Gasteiger partial charge on any atom is 0.252 e. The van der Waals surface area contributed by atoms with Crippen molar-refractivity contribution in [2.75, 3.05) is 0 Å². The number of carbonyl (C=O) groups excluding carboxylic acids is 1. The molecule has 0 aliphatic carbocycles. The molecule has 0 radical (unpaired) electrons. The summed E-state index contributed by atoms with van der Waals surface area (Å²) in [4.78, 5) is 11.5. The highest BCUT2D eigenvalue weighted by atomic mass is 16.5. The van der Waals surface area contributed by atoms with Crippen molar-refractivity contribution in [2.45, 2.75) is 6.61 Å². The fraction of sp³-hybridized carbons (Fsp3) is 0.0500. The molecule has 0 atom stereocenters. The zero-order chi connectivity index (χ0) is 16.8. The summed E-state index contributed by atoms with van der Waals surface area (Å²) in [7, 11) is 0. The minimum Gasteiger partial charge on any atom is -0.488 e. The Morgan fingerprint density at radius 3 is 2.17 bits per heavy atom.